The molecule has 1 aromatic carbocycles. The monoisotopic (exact) mass is 326 g/mol. The van der Waals surface area contributed by atoms with Crippen molar-refractivity contribution in [3.8, 4) is 0 Å². The Morgan fingerprint density at radius 2 is 1.39 bits per heavy atom. The van der Waals surface area contributed by atoms with Crippen LogP contribution in [0.4, 0.5) is 0 Å². The molecule has 0 unspecified atom stereocenters. The second-order valence-corrected chi connectivity index (χ2v) is 5.00. The Morgan fingerprint density at radius 1 is 0.783 bits per heavy atom. The molecular formula is C17H30N2O4. The second-order valence-electron chi connectivity index (χ2n) is 5.00. The Hall–Kier alpha value is -1.02. The van der Waals surface area contributed by atoms with Crippen molar-refractivity contribution in [1.82, 2.24) is 5.48 Å². The van der Waals surface area contributed by atoms with Crippen LogP contribution in [0.25, 0.3) is 0 Å². The Morgan fingerprint density at radius 3 is 2.04 bits per heavy atom. The summed E-state index contributed by atoms with van der Waals surface area (Å²) < 4.78 is 16.2. The van der Waals surface area contributed by atoms with Gasteiger partial charge in [0.2, 0.25) is 0 Å². The highest BCUT2D eigenvalue weighted by atomic mass is 16.6. The maximum Gasteiger partial charge on any atom is 0.0933 e. The molecule has 0 amide bonds. The van der Waals surface area contributed by atoms with E-state index in [-0.39, 0.29) is 0 Å². The molecule has 0 heterocycles. The molecule has 0 aliphatic rings. The second kappa shape index (κ2) is 15.9. The molecule has 6 heteroatoms. The Balaban J connectivity index is 1.72. The SMILES string of the molecule is NCCCOCCOCCOCCCNOCc1ccccc1. The smallest absolute Gasteiger partial charge is 0.0933 e. The van der Waals surface area contributed by atoms with Crippen LogP contribution in [-0.2, 0) is 25.7 Å². The summed E-state index contributed by atoms with van der Waals surface area (Å²) in [4.78, 5) is 5.37. The van der Waals surface area contributed by atoms with Crippen LogP contribution >= 0.6 is 0 Å². The number of hydroxylamine groups is 1. The first kappa shape index (κ1) is 20.0. The van der Waals surface area contributed by atoms with Crippen LogP contribution in [0.3, 0.4) is 0 Å². The number of benzene rings is 1. The summed E-state index contributed by atoms with van der Waals surface area (Å²) in [6.07, 6.45) is 1.79. The minimum atomic E-state index is 0.572. The van der Waals surface area contributed by atoms with Gasteiger partial charge in [0.15, 0.2) is 0 Å². The third-order valence-electron chi connectivity index (χ3n) is 2.99. The maximum absolute atomic E-state index is 5.47. The summed E-state index contributed by atoms with van der Waals surface area (Å²) >= 11 is 0. The van der Waals surface area contributed by atoms with Crippen molar-refractivity contribution in [2.75, 3.05) is 52.7 Å². The van der Waals surface area contributed by atoms with Gasteiger partial charge in [0, 0.05) is 19.8 Å². The minimum Gasteiger partial charge on any atom is -0.379 e. The van der Waals surface area contributed by atoms with Crippen molar-refractivity contribution in [2.24, 2.45) is 5.73 Å². The largest absolute Gasteiger partial charge is 0.379 e. The van der Waals surface area contributed by atoms with Gasteiger partial charge in [-0.2, -0.15) is 0 Å². The first-order valence-corrected chi connectivity index (χ1v) is 8.25. The van der Waals surface area contributed by atoms with E-state index in [4.69, 9.17) is 24.8 Å². The first-order chi connectivity index (χ1) is 11.4. The van der Waals surface area contributed by atoms with E-state index in [0.717, 1.165) is 24.9 Å². The number of ether oxygens (including phenoxy) is 3. The molecule has 3 N–H and O–H groups in total. The number of hydrogen-bond acceptors (Lipinski definition) is 6. The predicted octanol–water partition coefficient (Wildman–Crippen LogP) is 1.50. The van der Waals surface area contributed by atoms with Crippen molar-refractivity contribution in [1.29, 1.82) is 0 Å². The summed E-state index contributed by atoms with van der Waals surface area (Å²) in [5.41, 5.74) is 9.45. The molecule has 23 heavy (non-hydrogen) atoms. The number of nitrogens with two attached hydrogens (primary N) is 1. The fraction of sp³-hybridized carbons (Fsp3) is 0.647. The molecule has 0 aromatic heterocycles. The highest BCUT2D eigenvalue weighted by molar-refractivity contribution is 5.13. The Bertz CT molecular complexity index is 352. The fourth-order valence-electron chi connectivity index (χ4n) is 1.75. The van der Waals surface area contributed by atoms with Gasteiger partial charge in [-0.05, 0) is 24.9 Å². The van der Waals surface area contributed by atoms with Crippen LogP contribution in [0.2, 0.25) is 0 Å². The van der Waals surface area contributed by atoms with Crippen molar-refractivity contribution in [3.63, 3.8) is 0 Å². The summed E-state index contributed by atoms with van der Waals surface area (Å²) in [6, 6.07) is 10.1. The van der Waals surface area contributed by atoms with Crippen LogP contribution in [0.15, 0.2) is 30.3 Å². The Kier molecular flexibility index (Phi) is 13.8. The lowest BCUT2D eigenvalue weighted by atomic mass is 10.2. The van der Waals surface area contributed by atoms with Crippen LogP contribution in [0.1, 0.15) is 18.4 Å². The zero-order chi connectivity index (χ0) is 16.4. The summed E-state index contributed by atoms with van der Waals surface area (Å²) in [5, 5.41) is 0. The van der Waals surface area contributed by atoms with Gasteiger partial charge in [-0.3, -0.25) is 4.84 Å². The molecule has 1 rings (SSSR count). The molecule has 0 aliphatic carbocycles. The molecule has 0 saturated heterocycles. The highest BCUT2D eigenvalue weighted by Crippen LogP contribution is 1.98. The summed E-state index contributed by atoms with van der Waals surface area (Å²) in [5.74, 6) is 0. The van der Waals surface area contributed by atoms with E-state index in [0.29, 0.717) is 52.8 Å². The van der Waals surface area contributed by atoms with E-state index in [1.807, 2.05) is 30.3 Å². The quantitative estimate of drug-likeness (QED) is 0.354. The van der Waals surface area contributed by atoms with Crippen molar-refractivity contribution in [3.05, 3.63) is 35.9 Å². The van der Waals surface area contributed by atoms with Crippen LogP contribution in [-0.4, -0.2) is 52.7 Å². The summed E-state index contributed by atoms with van der Waals surface area (Å²) in [6.45, 7) is 5.82. The molecule has 0 aliphatic heterocycles. The van der Waals surface area contributed by atoms with Crippen LogP contribution in [0.5, 0.6) is 0 Å². The van der Waals surface area contributed by atoms with Gasteiger partial charge < -0.3 is 19.9 Å². The zero-order valence-electron chi connectivity index (χ0n) is 13.9. The number of rotatable bonds is 16. The molecular weight excluding hydrogens is 296 g/mol. The lowest BCUT2D eigenvalue weighted by Crippen LogP contribution is -2.18. The Labute approximate surface area is 139 Å². The molecule has 1 aromatic rings. The predicted molar refractivity (Wildman–Crippen MR) is 90.0 cm³/mol. The molecule has 0 atom stereocenters. The van der Waals surface area contributed by atoms with Crippen LogP contribution < -0.4 is 11.2 Å². The molecule has 132 valence electrons. The lowest BCUT2D eigenvalue weighted by molar-refractivity contribution is 0.00522. The van der Waals surface area contributed by atoms with Crippen LogP contribution in [0, 0.1) is 0 Å². The maximum atomic E-state index is 5.47. The van der Waals surface area contributed by atoms with E-state index >= 15 is 0 Å². The number of nitrogens with one attached hydrogen (secondary N) is 1. The van der Waals surface area contributed by atoms with Crippen molar-refractivity contribution >= 4 is 0 Å². The third-order valence-corrected chi connectivity index (χ3v) is 2.99. The molecule has 0 bridgehead atoms. The van der Waals surface area contributed by atoms with Crippen molar-refractivity contribution in [2.45, 2.75) is 19.4 Å². The van der Waals surface area contributed by atoms with Gasteiger partial charge in [-0.15, -0.1) is 0 Å². The van der Waals surface area contributed by atoms with Gasteiger partial charge in [0.25, 0.3) is 0 Å². The molecule has 0 saturated carbocycles. The normalized spacial score (nSPS) is 11.0. The minimum absolute atomic E-state index is 0.572. The molecule has 6 nitrogen and oxygen atoms in total. The fourth-order valence-corrected chi connectivity index (χ4v) is 1.75. The molecule has 0 radical (unpaired) electrons. The van der Waals surface area contributed by atoms with E-state index in [2.05, 4.69) is 5.48 Å². The van der Waals surface area contributed by atoms with E-state index in [1.54, 1.807) is 0 Å². The summed E-state index contributed by atoms with van der Waals surface area (Å²) in [7, 11) is 0. The van der Waals surface area contributed by atoms with E-state index in [1.165, 1.54) is 0 Å². The highest BCUT2D eigenvalue weighted by Gasteiger charge is 1.94. The molecule has 0 fully saturated rings. The number of hydrogen-bond donors (Lipinski definition) is 2. The molecule has 0 spiro atoms. The van der Waals surface area contributed by atoms with E-state index < -0.39 is 0 Å². The van der Waals surface area contributed by atoms with E-state index in [9.17, 15) is 0 Å². The van der Waals surface area contributed by atoms with Gasteiger partial charge >= 0.3 is 0 Å². The topological polar surface area (TPSA) is 75.0 Å². The standard InChI is InChI=1S/C17H30N2O4/c18-8-4-10-20-12-14-22-15-13-21-11-5-9-19-23-16-17-6-2-1-3-7-17/h1-3,6-7,19H,4-5,8-16,18H2. The van der Waals surface area contributed by atoms with Gasteiger partial charge in [-0.25, -0.2) is 5.48 Å². The van der Waals surface area contributed by atoms with Crippen molar-refractivity contribution < 1.29 is 19.0 Å². The third kappa shape index (κ3) is 13.1. The average Bonchev–Trinajstić information content (AvgIpc) is 2.59. The van der Waals surface area contributed by atoms with Gasteiger partial charge in [-0.1, -0.05) is 30.3 Å². The average molecular weight is 326 g/mol. The lowest BCUT2D eigenvalue weighted by Gasteiger charge is -2.08. The zero-order valence-corrected chi connectivity index (χ0v) is 13.9. The van der Waals surface area contributed by atoms with Gasteiger partial charge in [0.05, 0.1) is 33.0 Å². The first-order valence-electron chi connectivity index (χ1n) is 8.25. The van der Waals surface area contributed by atoms with Gasteiger partial charge in [0.1, 0.15) is 0 Å².